The average molecular weight is 437 g/mol. The van der Waals surface area contributed by atoms with Gasteiger partial charge in [-0.3, -0.25) is 9.10 Å². The van der Waals surface area contributed by atoms with E-state index < -0.39 is 10.0 Å². The SMILES string of the molecule is Cc1ccc(C)c([C@H](C)NC(=O)c2ccccc2N(Cc2ccccc2)S(C)(=O)=O)c1. The van der Waals surface area contributed by atoms with Crippen molar-refractivity contribution in [2.75, 3.05) is 10.6 Å². The van der Waals surface area contributed by atoms with Gasteiger partial charge in [-0.2, -0.15) is 0 Å². The van der Waals surface area contributed by atoms with Crippen molar-refractivity contribution < 1.29 is 13.2 Å². The Bertz CT molecular complexity index is 1170. The molecular weight excluding hydrogens is 408 g/mol. The van der Waals surface area contributed by atoms with Crippen LogP contribution in [0.3, 0.4) is 0 Å². The number of nitrogens with zero attached hydrogens (tertiary/aromatic N) is 1. The van der Waals surface area contributed by atoms with Gasteiger partial charge in [0, 0.05) is 0 Å². The standard InChI is InChI=1S/C25H28N2O3S/c1-18-14-15-19(2)23(16-18)20(3)26-25(28)22-12-8-9-13-24(22)27(31(4,29)30)17-21-10-6-5-7-11-21/h5-16,20H,17H2,1-4H3,(H,26,28)/t20-/m0/s1. The molecule has 1 N–H and O–H groups in total. The summed E-state index contributed by atoms with van der Waals surface area (Å²) in [5.74, 6) is -0.314. The number of sulfonamides is 1. The Labute approximate surface area is 184 Å². The molecule has 0 unspecified atom stereocenters. The zero-order chi connectivity index (χ0) is 22.6. The molecule has 0 heterocycles. The Morgan fingerprint density at radius 3 is 2.29 bits per heavy atom. The third kappa shape index (κ3) is 5.52. The minimum Gasteiger partial charge on any atom is -0.345 e. The molecule has 0 fully saturated rings. The Morgan fingerprint density at radius 1 is 0.968 bits per heavy atom. The van der Waals surface area contributed by atoms with Gasteiger partial charge in [-0.1, -0.05) is 66.2 Å². The average Bonchev–Trinajstić information content (AvgIpc) is 2.73. The van der Waals surface area contributed by atoms with E-state index in [-0.39, 0.29) is 18.5 Å². The topological polar surface area (TPSA) is 66.5 Å². The molecule has 5 nitrogen and oxygen atoms in total. The van der Waals surface area contributed by atoms with Crippen molar-refractivity contribution in [2.24, 2.45) is 0 Å². The number of anilines is 1. The number of carbonyl (C=O) groups is 1. The lowest BCUT2D eigenvalue weighted by molar-refractivity contribution is 0.0940. The molecule has 3 rings (SSSR count). The maximum Gasteiger partial charge on any atom is 0.253 e. The number of aryl methyl sites for hydroxylation is 2. The molecule has 1 atom stereocenters. The number of hydrogen-bond acceptors (Lipinski definition) is 3. The molecule has 0 aliphatic carbocycles. The van der Waals surface area contributed by atoms with Crippen LogP contribution in [0.2, 0.25) is 0 Å². The van der Waals surface area contributed by atoms with Gasteiger partial charge in [0.05, 0.1) is 30.1 Å². The lowest BCUT2D eigenvalue weighted by Gasteiger charge is -2.25. The van der Waals surface area contributed by atoms with E-state index in [1.54, 1.807) is 24.3 Å². The molecule has 3 aromatic carbocycles. The molecule has 1 amide bonds. The van der Waals surface area contributed by atoms with Gasteiger partial charge in [-0.05, 0) is 49.6 Å². The van der Waals surface area contributed by atoms with Crippen molar-refractivity contribution in [3.8, 4) is 0 Å². The first kappa shape index (κ1) is 22.6. The largest absolute Gasteiger partial charge is 0.345 e. The van der Waals surface area contributed by atoms with E-state index >= 15 is 0 Å². The van der Waals surface area contributed by atoms with Crippen molar-refractivity contribution in [1.29, 1.82) is 0 Å². The summed E-state index contributed by atoms with van der Waals surface area (Å²) in [5, 5.41) is 3.03. The fraction of sp³-hybridized carbons (Fsp3) is 0.240. The van der Waals surface area contributed by atoms with Crippen LogP contribution >= 0.6 is 0 Å². The second-order valence-electron chi connectivity index (χ2n) is 7.83. The molecule has 6 heteroatoms. The van der Waals surface area contributed by atoms with Crippen molar-refractivity contribution in [1.82, 2.24) is 5.32 Å². The minimum absolute atomic E-state index is 0.149. The van der Waals surface area contributed by atoms with Gasteiger partial charge in [-0.25, -0.2) is 8.42 Å². The second-order valence-corrected chi connectivity index (χ2v) is 9.73. The quantitative estimate of drug-likeness (QED) is 0.581. The highest BCUT2D eigenvalue weighted by molar-refractivity contribution is 7.92. The Morgan fingerprint density at radius 2 is 1.61 bits per heavy atom. The Balaban J connectivity index is 1.94. The van der Waals surface area contributed by atoms with Crippen LogP contribution in [0.25, 0.3) is 0 Å². The first-order valence-corrected chi connectivity index (χ1v) is 12.0. The summed E-state index contributed by atoms with van der Waals surface area (Å²) in [5.41, 5.74) is 4.77. The highest BCUT2D eigenvalue weighted by Gasteiger charge is 2.24. The van der Waals surface area contributed by atoms with E-state index in [4.69, 9.17) is 0 Å². The van der Waals surface area contributed by atoms with Crippen LogP contribution in [0, 0.1) is 13.8 Å². The number of amides is 1. The van der Waals surface area contributed by atoms with E-state index in [0.29, 0.717) is 11.3 Å². The lowest BCUT2D eigenvalue weighted by Crippen LogP contribution is -2.33. The molecule has 3 aromatic rings. The van der Waals surface area contributed by atoms with Crippen LogP contribution in [0.1, 0.15) is 45.6 Å². The van der Waals surface area contributed by atoms with Gasteiger partial charge in [0.15, 0.2) is 0 Å². The Kier molecular flexibility index (Phi) is 6.81. The number of benzene rings is 3. The predicted molar refractivity (Wildman–Crippen MR) is 126 cm³/mol. The van der Waals surface area contributed by atoms with Crippen LogP contribution in [-0.2, 0) is 16.6 Å². The zero-order valence-corrected chi connectivity index (χ0v) is 19.1. The monoisotopic (exact) mass is 436 g/mol. The summed E-state index contributed by atoms with van der Waals surface area (Å²) in [4.78, 5) is 13.2. The maximum absolute atomic E-state index is 13.2. The lowest BCUT2D eigenvalue weighted by atomic mass is 9.99. The molecular formula is C25H28N2O3S. The molecule has 162 valence electrons. The number of hydrogen-bond donors (Lipinski definition) is 1. The number of para-hydroxylation sites is 1. The van der Waals surface area contributed by atoms with Crippen molar-refractivity contribution in [3.05, 3.63) is 101 Å². The molecule has 0 saturated carbocycles. The van der Waals surface area contributed by atoms with E-state index in [2.05, 4.69) is 11.4 Å². The van der Waals surface area contributed by atoms with E-state index in [0.717, 1.165) is 28.5 Å². The second kappa shape index (κ2) is 9.35. The predicted octanol–water partition coefficient (Wildman–Crippen LogP) is 4.76. The number of carbonyl (C=O) groups excluding carboxylic acids is 1. The molecule has 0 spiro atoms. The summed E-state index contributed by atoms with van der Waals surface area (Å²) >= 11 is 0. The summed E-state index contributed by atoms with van der Waals surface area (Å²) in [6.45, 7) is 6.11. The van der Waals surface area contributed by atoms with E-state index in [1.807, 2.05) is 63.2 Å². The van der Waals surface area contributed by atoms with Crippen LogP contribution < -0.4 is 9.62 Å². The third-order valence-corrected chi connectivity index (χ3v) is 6.36. The molecule has 0 bridgehead atoms. The van der Waals surface area contributed by atoms with Crippen LogP contribution in [0.5, 0.6) is 0 Å². The highest BCUT2D eigenvalue weighted by Crippen LogP contribution is 2.26. The van der Waals surface area contributed by atoms with Gasteiger partial charge in [-0.15, -0.1) is 0 Å². The molecule has 0 saturated heterocycles. The zero-order valence-electron chi connectivity index (χ0n) is 18.3. The van der Waals surface area contributed by atoms with Crippen molar-refractivity contribution in [3.63, 3.8) is 0 Å². The summed E-state index contributed by atoms with van der Waals surface area (Å²) < 4.78 is 26.5. The van der Waals surface area contributed by atoms with Gasteiger partial charge in [0.1, 0.15) is 0 Å². The number of rotatable bonds is 7. The molecule has 0 radical (unpaired) electrons. The fourth-order valence-electron chi connectivity index (χ4n) is 3.59. The summed E-state index contributed by atoms with van der Waals surface area (Å²) in [6, 6.07) is 22.0. The van der Waals surface area contributed by atoms with Gasteiger partial charge in [0.2, 0.25) is 10.0 Å². The van der Waals surface area contributed by atoms with E-state index in [1.165, 1.54) is 4.31 Å². The summed E-state index contributed by atoms with van der Waals surface area (Å²) in [6.07, 6.45) is 1.16. The van der Waals surface area contributed by atoms with Crippen LogP contribution in [0.15, 0.2) is 72.8 Å². The van der Waals surface area contributed by atoms with Crippen molar-refractivity contribution >= 4 is 21.6 Å². The molecule has 0 aromatic heterocycles. The smallest absolute Gasteiger partial charge is 0.253 e. The van der Waals surface area contributed by atoms with Crippen molar-refractivity contribution in [2.45, 2.75) is 33.4 Å². The van der Waals surface area contributed by atoms with Gasteiger partial charge in [0.25, 0.3) is 5.91 Å². The van der Waals surface area contributed by atoms with Crippen LogP contribution in [0.4, 0.5) is 5.69 Å². The summed E-state index contributed by atoms with van der Waals surface area (Å²) in [7, 11) is -3.61. The van der Waals surface area contributed by atoms with E-state index in [9.17, 15) is 13.2 Å². The van der Waals surface area contributed by atoms with Gasteiger partial charge >= 0.3 is 0 Å². The van der Waals surface area contributed by atoms with Gasteiger partial charge < -0.3 is 5.32 Å². The molecule has 0 aliphatic rings. The first-order valence-electron chi connectivity index (χ1n) is 10.2. The number of nitrogens with one attached hydrogen (secondary N) is 1. The Hall–Kier alpha value is -3.12. The molecule has 0 aliphatic heterocycles. The fourth-order valence-corrected chi connectivity index (χ4v) is 4.49. The minimum atomic E-state index is -3.61. The maximum atomic E-state index is 13.2. The highest BCUT2D eigenvalue weighted by atomic mass is 32.2. The third-order valence-electron chi connectivity index (χ3n) is 5.24. The first-order chi connectivity index (χ1) is 14.7. The normalized spacial score (nSPS) is 12.3. The van der Waals surface area contributed by atoms with Crippen LogP contribution in [-0.4, -0.2) is 20.6 Å². The molecule has 31 heavy (non-hydrogen) atoms.